The molecule has 0 N–H and O–H groups in total. The summed E-state index contributed by atoms with van der Waals surface area (Å²) in [5.41, 5.74) is 0.501. The van der Waals surface area contributed by atoms with E-state index in [1.807, 2.05) is 0 Å². The normalized spacial score (nSPS) is 17.3. The Morgan fingerprint density at radius 3 is 2.69 bits per heavy atom. The number of hydrazone groups is 1. The zero-order valence-corrected chi connectivity index (χ0v) is 11.0. The number of nitrogens with zero attached hydrogens (tertiary/aromatic N) is 3. The first kappa shape index (κ1) is 12.9. The second-order valence-corrected chi connectivity index (χ2v) is 3.02. The summed E-state index contributed by atoms with van der Waals surface area (Å²) in [6.07, 6.45) is 2.08. The van der Waals surface area contributed by atoms with E-state index in [2.05, 4.69) is 10.1 Å². The van der Waals surface area contributed by atoms with Crippen LogP contribution in [0.2, 0.25) is 0 Å². The van der Waals surface area contributed by atoms with Crippen molar-refractivity contribution in [1.82, 2.24) is 4.98 Å². The fraction of sp³-hybridized carbons (Fsp3) is 0.100. The number of carbonyl (C=O) groups is 1. The third kappa shape index (κ3) is 2.16. The van der Waals surface area contributed by atoms with Gasteiger partial charge in [-0.05, 0) is 19.1 Å². The van der Waals surface area contributed by atoms with Crippen LogP contribution in [0.1, 0.15) is 6.92 Å². The number of carbonyl (C=O) groups excluding carboxylic acids is 1. The van der Waals surface area contributed by atoms with E-state index in [0.29, 0.717) is 17.8 Å². The molecule has 0 saturated carbocycles. The maximum atomic E-state index is 11.7. The number of rotatable bonds is 1. The molecule has 0 aliphatic carbocycles. The van der Waals surface area contributed by atoms with Crippen LogP contribution in [0.5, 0.6) is 0 Å². The monoisotopic (exact) mass is 225 g/mol. The number of pyridine rings is 1. The minimum absolute atomic E-state index is 0. The second kappa shape index (κ2) is 5.25. The molecule has 2 heterocycles. The van der Waals surface area contributed by atoms with Crippen LogP contribution in [-0.4, -0.2) is 16.6 Å². The molecule has 5 nitrogen and oxygen atoms in total. The predicted octanol–water partition coefficient (Wildman–Crippen LogP) is -2.95. The smallest absolute Gasteiger partial charge is 0.877 e. The van der Waals surface area contributed by atoms with Crippen molar-refractivity contribution in [2.24, 2.45) is 5.10 Å². The van der Waals surface area contributed by atoms with E-state index in [1.54, 1.807) is 31.3 Å². The van der Waals surface area contributed by atoms with Gasteiger partial charge in [-0.15, -0.1) is 6.26 Å². The van der Waals surface area contributed by atoms with Crippen molar-refractivity contribution in [3.8, 4) is 0 Å². The second-order valence-electron chi connectivity index (χ2n) is 3.02. The molecule has 1 aromatic rings. The van der Waals surface area contributed by atoms with E-state index >= 15 is 0 Å². The van der Waals surface area contributed by atoms with Crippen LogP contribution in [0.25, 0.3) is 0 Å². The van der Waals surface area contributed by atoms with E-state index < -0.39 is 5.91 Å². The van der Waals surface area contributed by atoms with Crippen LogP contribution in [0.4, 0.5) is 5.82 Å². The van der Waals surface area contributed by atoms with Gasteiger partial charge >= 0.3 is 29.6 Å². The van der Waals surface area contributed by atoms with Gasteiger partial charge in [-0.2, -0.15) is 10.1 Å². The van der Waals surface area contributed by atoms with Crippen molar-refractivity contribution in [2.75, 3.05) is 5.01 Å². The van der Waals surface area contributed by atoms with Crippen molar-refractivity contribution < 1.29 is 39.5 Å². The van der Waals surface area contributed by atoms with Crippen molar-refractivity contribution in [2.45, 2.75) is 6.92 Å². The number of hydrogen-bond acceptors (Lipinski definition) is 4. The van der Waals surface area contributed by atoms with Gasteiger partial charge in [0.25, 0.3) is 5.91 Å². The van der Waals surface area contributed by atoms with Crippen LogP contribution < -0.4 is 39.7 Å². The van der Waals surface area contributed by atoms with Crippen LogP contribution in [0, 0.1) is 0 Å². The first-order chi connectivity index (χ1) is 7.24. The standard InChI is InChI=1S/C10H9N3O2.Na/c1-7-8(6-14)10(15)13(12-7)9-4-2-3-5-11-9;/h2-6,14H,1H3;/q;+1/p-1/b8-6+;. The van der Waals surface area contributed by atoms with Crippen molar-refractivity contribution >= 4 is 17.4 Å². The molecule has 16 heavy (non-hydrogen) atoms. The van der Waals surface area contributed by atoms with Crippen molar-refractivity contribution in [1.29, 1.82) is 0 Å². The minimum atomic E-state index is -0.429. The zero-order valence-electron chi connectivity index (χ0n) is 9.04. The average molecular weight is 225 g/mol. The van der Waals surface area contributed by atoms with E-state index in [9.17, 15) is 9.90 Å². The summed E-state index contributed by atoms with van der Waals surface area (Å²) in [6.45, 7) is 1.62. The van der Waals surface area contributed by atoms with Gasteiger partial charge in [-0.3, -0.25) is 4.79 Å². The molecule has 1 aliphatic heterocycles. The predicted molar refractivity (Wildman–Crippen MR) is 52.9 cm³/mol. The fourth-order valence-electron chi connectivity index (χ4n) is 1.29. The number of anilines is 1. The van der Waals surface area contributed by atoms with Crippen molar-refractivity contribution in [3.63, 3.8) is 0 Å². The van der Waals surface area contributed by atoms with Gasteiger partial charge in [-0.1, -0.05) is 6.07 Å². The van der Waals surface area contributed by atoms with Crippen LogP contribution >= 0.6 is 0 Å². The maximum absolute atomic E-state index is 11.7. The summed E-state index contributed by atoms with van der Waals surface area (Å²) in [4.78, 5) is 15.6. The summed E-state index contributed by atoms with van der Waals surface area (Å²) < 4.78 is 0. The first-order valence-electron chi connectivity index (χ1n) is 4.37. The van der Waals surface area contributed by atoms with E-state index in [-0.39, 0.29) is 35.1 Å². The Kier molecular flexibility index (Phi) is 4.23. The molecule has 1 amide bonds. The topological polar surface area (TPSA) is 68.6 Å². The Morgan fingerprint density at radius 2 is 2.19 bits per heavy atom. The molecular formula is C10H8N3NaO2. The Hall–Kier alpha value is -1.17. The Bertz CT molecular complexity index is 456. The molecule has 1 aromatic heterocycles. The summed E-state index contributed by atoms with van der Waals surface area (Å²) in [5, 5.41) is 15.7. The average Bonchev–Trinajstić information content (AvgIpc) is 2.55. The molecular weight excluding hydrogens is 217 g/mol. The van der Waals surface area contributed by atoms with Gasteiger partial charge in [-0.25, -0.2) is 4.98 Å². The van der Waals surface area contributed by atoms with Crippen molar-refractivity contribution in [3.05, 3.63) is 36.2 Å². The third-order valence-electron chi connectivity index (χ3n) is 2.05. The zero-order chi connectivity index (χ0) is 10.8. The molecule has 2 rings (SSSR count). The van der Waals surface area contributed by atoms with E-state index in [4.69, 9.17) is 0 Å². The SMILES string of the molecule is CC1=NN(c2ccccn2)C(=O)/C1=C/[O-].[Na+]. The van der Waals surface area contributed by atoms with Gasteiger partial charge in [0.05, 0.1) is 5.71 Å². The summed E-state index contributed by atoms with van der Waals surface area (Å²) >= 11 is 0. The number of aromatic nitrogens is 1. The summed E-state index contributed by atoms with van der Waals surface area (Å²) in [7, 11) is 0. The quantitative estimate of drug-likeness (QED) is 0.291. The number of hydrogen-bond donors (Lipinski definition) is 0. The Labute approximate surface area is 115 Å². The molecule has 0 radical (unpaired) electrons. The van der Waals surface area contributed by atoms with Crippen LogP contribution in [0.3, 0.4) is 0 Å². The molecule has 0 spiro atoms. The van der Waals surface area contributed by atoms with E-state index in [1.165, 1.54) is 0 Å². The van der Waals surface area contributed by atoms with Gasteiger partial charge < -0.3 is 5.11 Å². The third-order valence-corrected chi connectivity index (χ3v) is 2.05. The van der Waals surface area contributed by atoms with Crippen LogP contribution in [-0.2, 0) is 4.79 Å². The van der Waals surface area contributed by atoms with Crippen LogP contribution in [0.15, 0.2) is 41.3 Å². The molecule has 0 saturated heterocycles. The fourth-order valence-corrected chi connectivity index (χ4v) is 1.29. The maximum Gasteiger partial charge on any atom is 1.00 e. The molecule has 6 heteroatoms. The molecule has 0 atom stereocenters. The minimum Gasteiger partial charge on any atom is -0.877 e. The van der Waals surface area contributed by atoms with E-state index in [0.717, 1.165) is 5.01 Å². The van der Waals surface area contributed by atoms with Gasteiger partial charge in [0, 0.05) is 11.8 Å². The summed E-state index contributed by atoms with van der Waals surface area (Å²) in [6, 6.07) is 5.15. The Morgan fingerprint density at radius 1 is 1.44 bits per heavy atom. The largest absolute Gasteiger partial charge is 1.00 e. The van der Waals surface area contributed by atoms with Gasteiger partial charge in [0.15, 0.2) is 5.82 Å². The molecule has 0 bridgehead atoms. The first-order valence-corrected chi connectivity index (χ1v) is 4.37. The Balaban J connectivity index is 0.00000128. The molecule has 76 valence electrons. The summed E-state index contributed by atoms with van der Waals surface area (Å²) in [5.74, 6) is -0.0140. The molecule has 0 fully saturated rings. The molecule has 0 aromatic carbocycles. The van der Waals surface area contributed by atoms with Gasteiger partial charge in [0.2, 0.25) is 0 Å². The molecule has 0 unspecified atom stereocenters. The number of amides is 1. The van der Waals surface area contributed by atoms with Gasteiger partial charge in [0.1, 0.15) is 0 Å². The molecule has 1 aliphatic rings.